The molecule has 0 bridgehead atoms. The van der Waals surface area contributed by atoms with Crippen LogP contribution in [0, 0.1) is 0 Å². The molecule has 0 unspecified atom stereocenters. The van der Waals surface area contributed by atoms with Gasteiger partial charge in [-0.15, -0.1) is 11.3 Å². The molecule has 0 saturated carbocycles. The van der Waals surface area contributed by atoms with E-state index in [1.54, 1.807) is 0 Å². The van der Waals surface area contributed by atoms with Crippen molar-refractivity contribution in [3.8, 4) is 0 Å². The Kier molecular flexibility index (Phi) is 3.48. The van der Waals surface area contributed by atoms with E-state index in [-0.39, 0.29) is 5.97 Å². The van der Waals surface area contributed by atoms with Crippen LogP contribution in [0.15, 0.2) is 23.1 Å². The van der Waals surface area contributed by atoms with E-state index in [1.807, 2.05) is 0 Å². The van der Waals surface area contributed by atoms with E-state index < -0.39 is 0 Å². The number of carbonyl (C=O) groups is 1. The van der Waals surface area contributed by atoms with Crippen LogP contribution in [0.3, 0.4) is 0 Å². The highest BCUT2D eigenvalue weighted by Gasteiger charge is 2.19. The third kappa shape index (κ3) is 2.34. The monoisotopic (exact) mass is 248 g/mol. The quantitative estimate of drug-likeness (QED) is 0.706. The summed E-state index contributed by atoms with van der Waals surface area (Å²) in [5.74, 6) is -0.217. The van der Waals surface area contributed by atoms with E-state index in [4.69, 9.17) is 4.74 Å². The standard InChI is InChI=1S/C14H16O2S/c1-9-5-4-6-11-12(10(2)7-9)8-17-13(11)14(15)16-3/h5,7-8H,4,6H2,1-3H3/b9-5-,10-7-. The minimum Gasteiger partial charge on any atom is -0.465 e. The zero-order valence-corrected chi connectivity index (χ0v) is 11.2. The van der Waals surface area contributed by atoms with Gasteiger partial charge in [0, 0.05) is 0 Å². The average Bonchev–Trinajstić information content (AvgIpc) is 2.69. The molecule has 0 fully saturated rings. The Morgan fingerprint density at radius 1 is 1.41 bits per heavy atom. The van der Waals surface area contributed by atoms with Crippen LogP contribution < -0.4 is 0 Å². The Balaban J connectivity index is 2.49. The molecule has 0 N–H and O–H groups in total. The molecule has 1 aromatic heterocycles. The zero-order chi connectivity index (χ0) is 12.4. The molecular weight excluding hydrogens is 232 g/mol. The molecule has 0 aliphatic heterocycles. The summed E-state index contributed by atoms with van der Waals surface area (Å²) in [5, 5.41) is 2.06. The molecule has 0 spiro atoms. The van der Waals surface area contributed by atoms with Gasteiger partial charge in [-0.2, -0.15) is 0 Å². The van der Waals surface area contributed by atoms with Gasteiger partial charge in [-0.1, -0.05) is 17.7 Å². The molecule has 1 aliphatic rings. The van der Waals surface area contributed by atoms with Gasteiger partial charge in [0.25, 0.3) is 0 Å². The number of hydrogen-bond donors (Lipinski definition) is 0. The lowest BCUT2D eigenvalue weighted by Crippen LogP contribution is -2.03. The van der Waals surface area contributed by atoms with Crippen molar-refractivity contribution in [3.05, 3.63) is 39.1 Å². The van der Waals surface area contributed by atoms with E-state index in [0.717, 1.165) is 23.3 Å². The van der Waals surface area contributed by atoms with Crippen LogP contribution in [0.5, 0.6) is 0 Å². The largest absolute Gasteiger partial charge is 0.465 e. The SMILES string of the molecule is COC(=O)c1scc2c1CC/C=C(C)\C=C/2C. The summed E-state index contributed by atoms with van der Waals surface area (Å²) in [7, 11) is 1.43. The fraction of sp³-hybridized carbons (Fsp3) is 0.357. The number of carbonyl (C=O) groups excluding carboxylic acids is 1. The van der Waals surface area contributed by atoms with E-state index >= 15 is 0 Å². The fourth-order valence-electron chi connectivity index (χ4n) is 2.15. The first-order valence-corrected chi connectivity index (χ1v) is 6.55. The summed E-state index contributed by atoms with van der Waals surface area (Å²) in [6.45, 7) is 4.21. The van der Waals surface area contributed by atoms with Crippen molar-refractivity contribution in [2.75, 3.05) is 7.11 Å². The fourth-order valence-corrected chi connectivity index (χ4v) is 3.25. The minimum atomic E-state index is -0.217. The second-order valence-corrected chi connectivity index (χ2v) is 5.14. The summed E-state index contributed by atoms with van der Waals surface area (Å²) in [4.78, 5) is 12.4. The number of thiophene rings is 1. The van der Waals surface area contributed by atoms with Gasteiger partial charge < -0.3 is 4.74 Å². The second-order valence-electron chi connectivity index (χ2n) is 4.26. The van der Waals surface area contributed by atoms with Gasteiger partial charge in [-0.25, -0.2) is 4.79 Å². The normalized spacial score (nSPS) is 21.4. The lowest BCUT2D eigenvalue weighted by atomic mass is 9.95. The number of rotatable bonds is 1. The lowest BCUT2D eigenvalue weighted by Gasteiger charge is -2.09. The number of ether oxygens (including phenoxy) is 1. The smallest absolute Gasteiger partial charge is 0.348 e. The molecule has 2 nitrogen and oxygen atoms in total. The Labute approximate surface area is 106 Å². The minimum absolute atomic E-state index is 0.217. The first-order chi connectivity index (χ1) is 8.13. The highest BCUT2D eigenvalue weighted by molar-refractivity contribution is 7.12. The van der Waals surface area contributed by atoms with E-state index in [2.05, 4.69) is 31.4 Å². The first kappa shape index (κ1) is 12.1. The van der Waals surface area contributed by atoms with Crippen molar-refractivity contribution in [2.24, 2.45) is 0 Å². The van der Waals surface area contributed by atoms with Crippen LogP contribution in [-0.2, 0) is 11.2 Å². The number of methoxy groups -OCH3 is 1. The molecule has 17 heavy (non-hydrogen) atoms. The van der Waals surface area contributed by atoms with Crippen LogP contribution in [-0.4, -0.2) is 13.1 Å². The molecule has 1 heterocycles. The molecule has 0 atom stereocenters. The highest BCUT2D eigenvalue weighted by Crippen LogP contribution is 2.32. The predicted molar refractivity (Wildman–Crippen MR) is 71.4 cm³/mol. The number of fused-ring (bicyclic) bond motifs is 1. The van der Waals surface area contributed by atoms with Crippen molar-refractivity contribution >= 4 is 22.9 Å². The van der Waals surface area contributed by atoms with Gasteiger partial charge in [0.05, 0.1) is 7.11 Å². The maximum atomic E-state index is 11.7. The summed E-state index contributed by atoms with van der Waals surface area (Å²) in [6, 6.07) is 0. The van der Waals surface area contributed by atoms with Gasteiger partial charge in [-0.3, -0.25) is 0 Å². The maximum absolute atomic E-state index is 11.7. The Morgan fingerprint density at radius 3 is 2.88 bits per heavy atom. The molecule has 90 valence electrons. The second kappa shape index (κ2) is 4.88. The van der Waals surface area contributed by atoms with Crippen molar-refractivity contribution in [1.82, 2.24) is 0 Å². The van der Waals surface area contributed by atoms with Gasteiger partial charge >= 0.3 is 5.97 Å². The molecule has 0 saturated heterocycles. The van der Waals surface area contributed by atoms with Crippen LogP contribution in [0.25, 0.3) is 5.57 Å². The highest BCUT2D eigenvalue weighted by atomic mass is 32.1. The van der Waals surface area contributed by atoms with E-state index in [0.29, 0.717) is 0 Å². The summed E-state index contributed by atoms with van der Waals surface area (Å²) >= 11 is 1.48. The summed E-state index contributed by atoms with van der Waals surface area (Å²) < 4.78 is 4.83. The zero-order valence-electron chi connectivity index (χ0n) is 10.4. The third-order valence-corrected chi connectivity index (χ3v) is 4.00. The molecule has 2 rings (SSSR count). The Hall–Kier alpha value is -1.35. The predicted octanol–water partition coefficient (Wildman–Crippen LogP) is 3.83. The topological polar surface area (TPSA) is 26.3 Å². The van der Waals surface area contributed by atoms with Gasteiger partial charge in [0.1, 0.15) is 4.88 Å². The van der Waals surface area contributed by atoms with Crippen LogP contribution >= 0.6 is 11.3 Å². The Morgan fingerprint density at radius 2 is 2.18 bits per heavy atom. The lowest BCUT2D eigenvalue weighted by molar-refractivity contribution is 0.0605. The van der Waals surface area contributed by atoms with Gasteiger partial charge in [-0.05, 0) is 48.8 Å². The number of hydrogen-bond acceptors (Lipinski definition) is 3. The average molecular weight is 248 g/mol. The van der Waals surface area contributed by atoms with Crippen LogP contribution in [0.2, 0.25) is 0 Å². The Bertz CT molecular complexity index is 506. The van der Waals surface area contributed by atoms with Crippen molar-refractivity contribution in [1.29, 1.82) is 0 Å². The molecule has 0 aromatic carbocycles. The summed E-state index contributed by atoms with van der Waals surface area (Å²) in [5.41, 5.74) is 4.85. The summed E-state index contributed by atoms with van der Waals surface area (Å²) in [6.07, 6.45) is 6.27. The van der Waals surface area contributed by atoms with Gasteiger partial charge in [0.15, 0.2) is 0 Å². The first-order valence-electron chi connectivity index (χ1n) is 5.67. The molecule has 1 aromatic rings. The molecule has 0 radical (unpaired) electrons. The number of esters is 1. The van der Waals surface area contributed by atoms with Crippen LogP contribution in [0.4, 0.5) is 0 Å². The van der Waals surface area contributed by atoms with Crippen LogP contribution in [0.1, 0.15) is 41.1 Å². The molecule has 0 amide bonds. The molecule has 3 heteroatoms. The third-order valence-electron chi connectivity index (χ3n) is 2.99. The van der Waals surface area contributed by atoms with Crippen molar-refractivity contribution < 1.29 is 9.53 Å². The van der Waals surface area contributed by atoms with Gasteiger partial charge in [0.2, 0.25) is 0 Å². The molecular formula is C14H16O2S. The number of allylic oxidation sites excluding steroid dienone is 4. The van der Waals surface area contributed by atoms with E-state index in [9.17, 15) is 4.79 Å². The van der Waals surface area contributed by atoms with Crippen molar-refractivity contribution in [2.45, 2.75) is 26.7 Å². The maximum Gasteiger partial charge on any atom is 0.348 e. The van der Waals surface area contributed by atoms with Crippen molar-refractivity contribution in [3.63, 3.8) is 0 Å². The van der Waals surface area contributed by atoms with E-state index in [1.165, 1.54) is 35.2 Å². The molecule has 1 aliphatic carbocycles.